The number of urea groups is 1. The highest BCUT2D eigenvalue weighted by Crippen LogP contribution is 2.34. The van der Waals surface area contributed by atoms with Gasteiger partial charge >= 0.3 is 6.03 Å². The van der Waals surface area contributed by atoms with Crippen molar-refractivity contribution in [3.8, 4) is 0 Å². The van der Waals surface area contributed by atoms with E-state index in [-0.39, 0.29) is 0 Å². The fourth-order valence-corrected chi connectivity index (χ4v) is 2.61. The Hall–Kier alpha value is -0.650. The molecule has 2 amide bonds. The molecule has 0 aliphatic heterocycles. The van der Waals surface area contributed by atoms with Crippen molar-refractivity contribution in [3.63, 3.8) is 0 Å². The molecule has 0 spiro atoms. The number of halogens is 3. The van der Waals surface area contributed by atoms with E-state index >= 15 is 0 Å². The molecule has 0 fully saturated rings. The molecule has 0 heterocycles. The third kappa shape index (κ3) is 3.66. The number of hydrazine groups is 2. The molecule has 0 aliphatic rings. The van der Waals surface area contributed by atoms with Gasteiger partial charge < -0.3 is 0 Å². The first-order chi connectivity index (χ1) is 7.97. The van der Waals surface area contributed by atoms with Gasteiger partial charge in [0.15, 0.2) is 0 Å². The normalized spacial score (nSPS) is 10.5. The number of nitrogens with zero attached hydrogens (tertiary/aromatic N) is 1. The van der Waals surface area contributed by atoms with Gasteiger partial charge in [-0.15, -0.1) is 0 Å². The second-order valence-electron chi connectivity index (χ2n) is 2.79. The number of hydrogen-bond donors (Lipinski definition) is 3. The number of nitrogens with one attached hydrogen (secondary N) is 1. The van der Waals surface area contributed by atoms with Gasteiger partial charge in [-0.1, -0.05) is 17.8 Å². The van der Waals surface area contributed by atoms with Crippen molar-refractivity contribution in [2.24, 2.45) is 11.7 Å². The van der Waals surface area contributed by atoms with Crippen LogP contribution in [0.1, 0.15) is 0 Å². The fourth-order valence-electron chi connectivity index (χ4n) is 1.05. The van der Waals surface area contributed by atoms with Crippen LogP contribution >= 0.6 is 34.4 Å². The molecule has 0 atom stereocenters. The highest BCUT2D eigenvalue weighted by atomic mass is 127. The predicted molar refractivity (Wildman–Crippen MR) is 70.4 cm³/mol. The summed E-state index contributed by atoms with van der Waals surface area (Å²) in [7, 11) is 0. The summed E-state index contributed by atoms with van der Waals surface area (Å²) in [5.74, 6) is 7.89. The molecule has 17 heavy (non-hydrogen) atoms. The Morgan fingerprint density at radius 1 is 1.53 bits per heavy atom. The second kappa shape index (κ2) is 6.33. The largest absolute Gasteiger partial charge is 0.350 e. The van der Waals surface area contributed by atoms with Crippen molar-refractivity contribution >= 4 is 46.1 Å². The van der Waals surface area contributed by atoms with Gasteiger partial charge in [0, 0.05) is 4.90 Å². The van der Waals surface area contributed by atoms with E-state index in [0.717, 1.165) is 5.01 Å². The highest BCUT2D eigenvalue weighted by molar-refractivity contribution is 14.1. The molecule has 0 aromatic heterocycles. The zero-order valence-corrected chi connectivity index (χ0v) is 11.3. The molecule has 0 unspecified atom stereocenters. The van der Waals surface area contributed by atoms with Crippen LogP contribution in [0.4, 0.5) is 19.3 Å². The van der Waals surface area contributed by atoms with E-state index in [2.05, 4.69) is 0 Å². The number of nitrogens with two attached hydrogens (primary N) is 2. The zero-order valence-electron chi connectivity index (χ0n) is 8.36. The van der Waals surface area contributed by atoms with Crippen LogP contribution in [-0.4, -0.2) is 11.8 Å². The van der Waals surface area contributed by atoms with Crippen LogP contribution in [0.2, 0.25) is 0 Å². The molecule has 1 aromatic carbocycles. The van der Waals surface area contributed by atoms with Crippen molar-refractivity contribution in [2.75, 3.05) is 5.01 Å². The molecular formula is C8H9F2IN4OS. The van der Waals surface area contributed by atoms with Crippen molar-refractivity contribution in [2.45, 2.75) is 10.7 Å². The van der Waals surface area contributed by atoms with Gasteiger partial charge in [-0.3, -0.25) is 5.43 Å². The summed E-state index contributed by atoms with van der Waals surface area (Å²) in [6.45, 7) is 0. The molecule has 0 saturated carbocycles. The minimum atomic E-state index is -2.53. The average molecular weight is 374 g/mol. The maximum Gasteiger partial charge on any atom is 0.350 e. The third-order valence-electron chi connectivity index (χ3n) is 1.76. The standard InChI is InChI=1S/C8H9F2IN4OS/c9-7(10)17-5-3-1-2-4(6(5)11)15(13)8(16)14-12/h1-3,7H,12-13H2,(H,14,16). The summed E-state index contributed by atoms with van der Waals surface area (Å²) in [6.07, 6.45) is 0. The summed E-state index contributed by atoms with van der Waals surface area (Å²) in [5.41, 5.74) is 2.16. The monoisotopic (exact) mass is 374 g/mol. The van der Waals surface area contributed by atoms with Gasteiger partial charge in [0.05, 0.1) is 9.26 Å². The number of carbonyl (C=O) groups excluding carboxylic acids is 1. The maximum atomic E-state index is 12.3. The second-order valence-corrected chi connectivity index (χ2v) is 4.90. The predicted octanol–water partition coefficient (Wildman–Crippen LogP) is 1.87. The summed E-state index contributed by atoms with van der Waals surface area (Å²) < 4.78 is 25.0. The first-order valence-corrected chi connectivity index (χ1v) is 6.22. The van der Waals surface area contributed by atoms with E-state index in [0.29, 0.717) is 25.9 Å². The number of thioether (sulfide) groups is 1. The van der Waals surface area contributed by atoms with Gasteiger partial charge in [-0.25, -0.2) is 21.5 Å². The van der Waals surface area contributed by atoms with Crippen LogP contribution in [0.15, 0.2) is 23.1 Å². The van der Waals surface area contributed by atoms with Crippen molar-refractivity contribution in [3.05, 3.63) is 21.8 Å². The number of anilines is 1. The van der Waals surface area contributed by atoms with E-state index < -0.39 is 11.8 Å². The molecule has 0 radical (unpaired) electrons. The number of amides is 2. The SMILES string of the molecule is NNC(=O)N(N)c1cccc(SC(F)F)c1I. The highest BCUT2D eigenvalue weighted by Gasteiger charge is 2.17. The van der Waals surface area contributed by atoms with Crippen LogP contribution < -0.4 is 22.1 Å². The lowest BCUT2D eigenvalue weighted by Gasteiger charge is -2.18. The molecule has 1 aromatic rings. The molecule has 0 saturated heterocycles. The minimum Gasteiger partial charge on any atom is -0.274 e. The van der Waals surface area contributed by atoms with E-state index in [9.17, 15) is 13.6 Å². The lowest BCUT2D eigenvalue weighted by atomic mass is 10.3. The third-order valence-corrected chi connectivity index (χ3v) is 4.03. The quantitative estimate of drug-likeness (QED) is 0.248. The number of benzene rings is 1. The average Bonchev–Trinajstić information content (AvgIpc) is 2.29. The number of rotatable bonds is 3. The Balaban J connectivity index is 3.05. The molecule has 94 valence electrons. The molecular weight excluding hydrogens is 365 g/mol. The molecule has 9 heteroatoms. The molecule has 0 bridgehead atoms. The first kappa shape index (κ1) is 14.4. The van der Waals surface area contributed by atoms with Gasteiger partial charge in [-0.2, -0.15) is 8.78 Å². The molecule has 1 rings (SSSR count). The fraction of sp³-hybridized carbons (Fsp3) is 0.125. The van der Waals surface area contributed by atoms with Crippen molar-refractivity contribution in [1.29, 1.82) is 0 Å². The molecule has 5 N–H and O–H groups in total. The summed E-state index contributed by atoms with van der Waals surface area (Å²) in [6, 6.07) is 3.86. The maximum absolute atomic E-state index is 12.3. The van der Waals surface area contributed by atoms with Crippen LogP contribution in [0.3, 0.4) is 0 Å². The van der Waals surface area contributed by atoms with E-state index in [1.807, 2.05) is 28.0 Å². The lowest BCUT2D eigenvalue weighted by Crippen LogP contribution is -2.48. The molecule has 0 aliphatic carbocycles. The van der Waals surface area contributed by atoms with E-state index in [1.165, 1.54) is 18.2 Å². The minimum absolute atomic E-state index is 0.305. The smallest absolute Gasteiger partial charge is 0.274 e. The summed E-state index contributed by atoms with van der Waals surface area (Å²) in [4.78, 5) is 11.6. The van der Waals surface area contributed by atoms with Crippen LogP contribution in [0.25, 0.3) is 0 Å². The van der Waals surface area contributed by atoms with Gasteiger partial charge in [0.2, 0.25) is 0 Å². The van der Waals surface area contributed by atoms with E-state index in [4.69, 9.17) is 11.7 Å². The lowest BCUT2D eigenvalue weighted by molar-refractivity contribution is 0.246. The summed E-state index contributed by atoms with van der Waals surface area (Å²) in [5, 5.41) is 0.761. The Bertz CT molecular complexity index is 421. The number of alkyl halides is 2. The topological polar surface area (TPSA) is 84.4 Å². The Kier molecular flexibility index (Phi) is 5.36. The van der Waals surface area contributed by atoms with Gasteiger partial charge in [0.25, 0.3) is 5.76 Å². The van der Waals surface area contributed by atoms with Crippen LogP contribution in [0.5, 0.6) is 0 Å². The summed E-state index contributed by atoms with van der Waals surface area (Å²) >= 11 is 2.23. The van der Waals surface area contributed by atoms with Crippen molar-refractivity contribution in [1.82, 2.24) is 5.43 Å². The van der Waals surface area contributed by atoms with Crippen molar-refractivity contribution < 1.29 is 13.6 Å². The van der Waals surface area contributed by atoms with Crippen LogP contribution in [0, 0.1) is 3.57 Å². The number of carbonyl (C=O) groups is 1. The van der Waals surface area contributed by atoms with Gasteiger partial charge in [-0.05, 0) is 34.7 Å². The zero-order chi connectivity index (χ0) is 13.0. The molecule has 5 nitrogen and oxygen atoms in total. The first-order valence-electron chi connectivity index (χ1n) is 4.26. The Morgan fingerprint density at radius 3 is 2.71 bits per heavy atom. The Morgan fingerprint density at radius 2 is 2.18 bits per heavy atom. The van der Waals surface area contributed by atoms with E-state index in [1.54, 1.807) is 0 Å². The Labute approximate surface area is 114 Å². The van der Waals surface area contributed by atoms with Crippen LogP contribution in [-0.2, 0) is 0 Å². The van der Waals surface area contributed by atoms with Gasteiger partial charge in [0.1, 0.15) is 0 Å². The number of hydrogen-bond acceptors (Lipinski definition) is 4.